The molecule has 1 aromatic rings. The highest BCUT2D eigenvalue weighted by molar-refractivity contribution is 9.10. The Morgan fingerprint density at radius 2 is 2.19 bits per heavy atom. The number of hydrogen-bond donors (Lipinski definition) is 0. The number of benzene rings is 1. The number of hydrogen-bond acceptors (Lipinski definition) is 3. The number of thioether (sulfide) groups is 1. The largest absolute Gasteiger partial charge is 0.444 e. The Bertz CT molecular complexity index is 527. The second kappa shape index (κ2) is 6.61. The van der Waals surface area contributed by atoms with Crippen molar-refractivity contribution in [2.75, 3.05) is 12.3 Å². The molecule has 1 amide bonds. The molecule has 0 radical (unpaired) electrons. The lowest BCUT2D eigenvalue weighted by Gasteiger charge is -2.36. The molecule has 0 aliphatic carbocycles. The number of ether oxygens (including phenoxy) is 1. The minimum Gasteiger partial charge on any atom is -0.444 e. The first-order chi connectivity index (χ1) is 9.81. The van der Waals surface area contributed by atoms with Gasteiger partial charge in [0.05, 0.1) is 6.04 Å². The van der Waals surface area contributed by atoms with Crippen molar-refractivity contribution in [2.24, 2.45) is 0 Å². The summed E-state index contributed by atoms with van der Waals surface area (Å²) < 4.78 is 6.61. The maximum atomic E-state index is 12.5. The molecule has 1 aliphatic heterocycles. The van der Waals surface area contributed by atoms with E-state index in [1.54, 1.807) is 0 Å². The average molecular weight is 372 g/mol. The van der Waals surface area contributed by atoms with Crippen molar-refractivity contribution in [3.63, 3.8) is 0 Å². The predicted molar refractivity (Wildman–Crippen MR) is 90.8 cm³/mol. The highest BCUT2D eigenvalue weighted by Crippen LogP contribution is 2.40. The number of amides is 1. The van der Waals surface area contributed by atoms with Gasteiger partial charge in [-0.25, -0.2) is 4.79 Å². The van der Waals surface area contributed by atoms with Gasteiger partial charge in [0.2, 0.25) is 0 Å². The molecule has 0 spiro atoms. The van der Waals surface area contributed by atoms with Crippen LogP contribution < -0.4 is 0 Å². The lowest BCUT2D eigenvalue weighted by atomic mass is 10.0. The molecule has 0 N–H and O–H groups in total. The third-order valence-electron chi connectivity index (χ3n) is 3.32. The summed E-state index contributed by atoms with van der Waals surface area (Å²) in [5, 5.41) is 0. The van der Waals surface area contributed by atoms with Crippen molar-refractivity contribution in [2.45, 2.75) is 50.7 Å². The van der Waals surface area contributed by atoms with E-state index >= 15 is 0 Å². The second-order valence-electron chi connectivity index (χ2n) is 6.10. The monoisotopic (exact) mass is 371 g/mol. The van der Waals surface area contributed by atoms with Crippen LogP contribution in [-0.2, 0) is 4.74 Å². The molecule has 0 saturated heterocycles. The topological polar surface area (TPSA) is 29.5 Å². The van der Waals surface area contributed by atoms with Crippen LogP contribution in [0.25, 0.3) is 0 Å². The third kappa shape index (κ3) is 4.16. The van der Waals surface area contributed by atoms with Gasteiger partial charge in [-0.2, -0.15) is 0 Å². The highest BCUT2D eigenvalue weighted by atomic mass is 79.9. The van der Waals surface area contributed by atoms with E-state index in [1.807, 2.05) is 44.4 Å². The summed E-state index contributed by atoms with van der Waals surface area (Å²) in [5.41, 5.74) is 0.752. The number of halogens is 1. The normalized spacial score (nSPS) is 18.0. The first-order valence-corrected chi connectivity index (χ1v) is 9.01. The van der Waals surface area contributed by atoms with Crippen LogP contribution in [0.2, 0.25) is 0 Å². The molecular formula is C16H22BrNO2S. The maximum absolute atomic E-state index is 12.5. The Balaban J connectivity index is 2.28. The minimum absolute atomic E-state index is 0.0959. The Hall–Kier alpha value is -0.680. The summed E-state index contributed by atoms with van der Waals surface area (Å²) in [5.74, 6) is 1.03. The summed E-state index contributed by atoms with van der Waals surface area (Å²) >= 11 is 5.39. The number of carbonyl (C=O) groups excluding carboxylic acids is 1. The molecule has 21 heavy (non-hydrogen) atoms. The Labute approximate surface area is 139 Å². The molecule has 0 fully saturated rings. The van der Waals surface area contributed by atoms with Crippen molar-refractivity contribution in [3.8, 4) is 0 Å². The lowest BCUT2D eigenvalue weighted by molar-refractivity contribution is 0.0162. The number of carbonyl (C=O) groups is 1. The van der Waals surface area contributed by atoms with Crippen molar-refractivity contribution in [3.05, 3.63) is 28.2 Å². The standard InChI is InChI=1S/C16H22BrNO2S/c1-5-18(15(19)20-16(2,3)4)13-8-9-21-14-7-6-11(17)10-12(13)14/h6-7,10,13H,5,8-9H2,1-4H3. The molecule has 5 heteroatoms. The summed E-state index contributed by atoms with van der Waals surface area (Å²) in [7, 11) is 0. The smallest absolute Gasteiger partial charge is 0.410 e. The molecular weight excluding hydrogens is 350 g/mol. The van der Waals surface area contributed by atoms with Crippen LogP contribution in [0.1, 0.15) is 45.7 Å². The van der Waals surface area contributed by atoms with E-state index in [0.717, 1.165) is 16.6 Å². The zero-order chi connectivity index (χ0) is 15.6. The van der Waals surface area contributed by atoms with Crippen molar-refractivity contribution in [1.29, 1.82) is 0 Å². The van der Waals surface area contributed by atoms with Crippen LogP contribution in [0.5, 0.6) is 0 Å². The van der Waals surface area contributed by atoms with E-state index in [0.29, 0.717) is 6.54 Å². The summed E-state index contributed by atoms with van der Waals surface area (Å²) in [6.45, 7) is 8.36. The van der Waals surface area contributed by atoms with Gasteiger partial charge in [-0.1, -0.05) is 15.9 Å². The number of nitrogens with zero attached hydrogens (tertiary/aromatic N) is 1. The van der Waals surface area contributed by atoms with Crippen LogP contribution >= 0.6 is 27.7 Å². The molecule has 2 rings (SSSR count). The molecule has 1 heterocycles. The maximum Gasteiger partial charge on any atom is 0.410 e. The van der Waals surface area contributed by atoms with Crippen LogP contribution in [0.4, 0.5) is 4.79 Å². The van der Waals surface area contributed by atoms with Gasteiger partial charge in [0.15, 0.2) is 0 Å². The fourth-order valence-corrected chi connectivity index (χ4v) is 3.93. The first-order valence-electron chi connectivity index (χ1n) is 7.23. The fraction of sp³-hybridized carbons (Fsp3) is 0.562. The van der Waals surface area contributed by atoms with Crippen molar-refractivity contribution < 1.29 is 9.53 Å². The third-order valence-corrected chi connectivity index (χ3v) is 4.94. The number of fused-ring (bicyclic) bond motifs is 1. The molecule has 1 aliphatic rings. The second-order valence-corrected chi connectivity index (χ2v) is 8.15. The van der Waals surface area contributed by atoms with Gasteiger partial charge >= 0.3 is 6.09 Å². The first kappa shape index (κ1) is 16.7. The van der Waals surface area contributed by atoms with Crippen LogP contribution in [-0.4, -0.2) is 28.9 Å². The molecule has 1 atom stereocenters. The lowest BCUT2D eigenvalue weighted by Crippen LogP contribution is -2.40. The van der Waals surface area contributed by atoms with Gasteiger partial charge in [-0.05, 0) is 57.9 Å². The molecule has 1 unspecified atom stereocenters. The molecule has 3 nitrogen and oxygen atoms in total. The van der Waals surface area contributed by atoms with Crippen molar-refractivity contribution in [1.82, 2.24) is 4.90 Å². The molecule has 0 aromatic heterocycles. The molecule has 0 bridgehead atoms. The van der Waals surface area contributed by atoms with Gasteiger partial charge in [-0.3, -0.25) is 0 Å². The summed E-state index contributed by atoms with van der Waals surface area (Å²) in [4.78, 5) is 15.6. The quantitative estimate of drug-likeness (QED) is 0.711. The van der Waals surface area contributed by atoms with Gasteiger partial charge in [0.1, 0.15) is 5.60 Å². The van der Waals surface area contributed by atoms with Gasteiger partial charge in [0.25, 0.3) is 0 Å². The zero-order valence-electron chi connectivity index (χ0n) is 13.0. The van der Waals surface area contributed by atoms with E-state index in [1.165, 1.54) is 10.5 Å². The SMILES string of the molecule is CCN(C(=O)OC(C)(C)C)C1CCSc2ccc(Br)cc21. The van der Waals surface area contributed by atoms with E-state index in [2.05, 4.69) is 34.1 Å². The van der Waals surface area contributed by atoms with E-state index in [9.17, 15) is 4.79 Å². The average Bonchev–Trinajstić information content (AvgIpc) is 2.38. The minimum atomic E-state index is -0.464. The molecule has 1 aromatic carbocycles. The molecule has 116 valence electrons. The predicted octanol–water partition coefficient (Wildman–Crippen LogP) is 5.24. The fourth-order valence-electron chi connectivity index (χ4n) is 2.47. The Morgan fingerprint density at radius 3 is 2.81 bits per heavy atom. The van der Waals surface area contributed by atoms with Gasteiger partial charge in [0, 0.05) is 21.7 Å². The number of rotatable bonds is 2. The Kier molecular flexibility index (Phi) is 5.25. The molecule has 0 saturated carbocycles. The summed E-state index contributed by atoms with van der Waals surface area (Å²) in [6.07, 6.45) is 0.731. The van der Waals surface area contributed by atoms with Gasteiger partial charge < -0.3 is 9.64 Å². The highest BCUT2D eigenvalue weighted by Gasteiger charge is 2.31. The van der Waals surface area contributed by atoms with Crippen LogP contribution in [0.3, 0.4) is 0 Å². The van der Waals surface area contributed by atoms with E-state index in [-0.39, 0.29) is 12.1 Å². The van der Waals surface area contributed by atoms with Crippen LogP contribution in [0.15, 0.2) is 27.6 Å². The Morgan fingerprint density at radius 1 is 1.48 bits per heavy atom. The van der Waals surface area contributed by atoms with Crippen LogP contribution in [0, 0.1) is 0 Å². The van der Waals surface area contributed by atoms with Gasteiger partial charge in [-0.15, -0.1) is 11.8 Å². The zero-order valence-corrected chi connectivity index (χ0v) is 15.4. The summed E-state index contributed by atoms with van der Waals surface area (Å²) in [6, 6.07) is 6.40. The van der Waals surface area contributed by atoms with Crippen molar-refractivity contribution >= 4 is 33.8 Å². The van der Waals surface area contributed by atoms with E-state index < -0.39 is 5.60 Å². The van der Waals surface area contributed by atoms with E-state index in [4.69, 9.17) is 4.74 Å².